The number of hydrogen-bond donors (Lipinski definition) is 1. The Morgan fingerprint density at radius 3 is 2.40 bits per heavy atom. The Bertz CT molecular complexity index is 766. The number of sulfone groups is 1. The number of likely N-dealkylation sites (tertiary alicyclic amines) is 1. The quantitative estimate of drug-likeness (QED) is 0.885. The van der Waals surface area contributed by atoms with E-state index in [0.29, 0.717) is 25.9 Å². The summed E-state index contributed by atoms with van der Waals surface area (Å²) in [6.07, 6.45) is 3.08. The van der Waals surface area contributed by atoms with Gasteiger partial charge in [0.25, 0.3) is 0 Å². The van der Waals surface area contributed by atoms with E-state index in [9.17, 15) is 18.0 Å². The van der Waals surface area contributed by atoms with Crippen LogP contribution < -0.4 is 5.32 Å². The highest BCUT2D eigenvalue weighted by Crippen LogP contribution is 2.23. The molecule has 0 saturated carbocycles. The first-order valence-electron chi connectivity index (χ1n) is 8.47. The van der Waals surface area contributed by atoms with Crippen LogP contribution in [0.3, 0.4) is 0 Å². The average molecular weight is 362 g/mol. The lowest BCUT2D eigenvalue weighted by atomic mass is 9.95. The van der Waals surface area contributed by atoms with Crippen molar-refractivity contribution in [1.82, 2.24) is 4.90 Å². The zero-order chi connectivity index (χ0) is 17.9. The number of rotatable bonds is 4. The van der Waals surface area contributed by atoms with Gasteiger partial charge in [-0.3, -0.25) is 9.59 Å². The molecule has 2 amide bonds. The second-order valence-electron chi connectivity index (χ2n) is 6.63. The average Bonchev–Trinajstić information content (AvgIpc) is 2.94. The molecule has 1 atom stereocenters. The van der Waals surface area contributed by atoms with Crippen LogP contribution in [0.25, 0.3) is 0 Å². The second-order valence-corrected chi connectivity index (χ2v) is 8.56. The number of benzene rings is 1. The van der Waals surface area contributed by atoms with E-state index in [1.165, 1.54) is 5.41 Å². The molecule has 2 heterocycles. The molecular formula is C18H22N2O4S. The number of anilines is 1. The minimum absolute atomic E-state index is 0.0110. The van der Waals surface area contributed by atoms with E-state index in [-0.39, 0.29) is 35.8 Å². The maximum Gasteiger partial charge on any atom is 0.227 e. The van der Waals surface area contributed by atoms with Crippen LogP contribution in [0.5, 0.6) is 0 Å². The van der Waals surface area contributed by atoms with E-state index in [1.807, 2.05) is 30.3 Å². The van der Waals surface area contributed by atoms with Crippen LogP contribution in [0.15, 0.2) is 41.8 Å². The van der Waals surface area contributed by atoms with Gasteiger partial charge in [0, 0.05) is 42.4 Å². The number of carbonyl (C=O) groups excluding carboxylic acids is 2. The Hall–Kier alpha value is -2.15. The summed E-state index contributed by atoms with van der Waals surface area (Å²) < 4.78 is 22.8. The van der Waals surface area contributed by atoms with Gasteiger partial charge in [-0.25, -0.2) is 8.42 Å². The van der Waals surface area contributed by atoms with Gasteiger partial charge in [0.15, 0.2) is 9.84 Å². The van der Waals surface area contributed by atoms with Crippen molar-refractivity contribution < 1.29 is 18.0 Å². The highest BCUT2D eigenvalue weighted by molar-refractivity contribution is 7.94. The Morgan fingerprint density at radius 2 is 1.80 bits per heavy atom. The first-order valence-corrected chi connectivity index (χ1v) is 10.2. The van der Waals surface area contributed by atoms with Gasteiger partial charge in [-0.2, -0.15) is 0 Å². The van der Waals surface area contributed by atoms with Gasteiger partial charge in [0.1, 0.15) is 0 Å². The fraction of sp³-hybridized carbons (Fsp3) is 0.444. The number of piperidine rings is 1. The van der Waals surface area contributed by atoms with Crippen molar-refractivity contribution in [2.75, 3.05) is 24.2 Å². The third-order valence-corrected chi connectivity index (χ3v) is 6.17. The van der Waals surface area contributed by atoms with E-state index in [2.05, 4.69) is 5.32 Å². The number of carbonyl (C=O) groups is 2. The molecule has 0 radical (unpaired) electrons. The maximum atomic E-state index is 12.3. The van der Waals surface area contributed by atoms with Crippen molar-refractivity contribution in [3.63, 3.8) is 0 Å². The van der Waals surface area contributed by atoms with Crippen LogP contribution in [0, 0.1) is 11.8 Å². The van der Waals surface area contributed by atoms with Crippen molar-refractivity contribution in [3.8, 4) is 0 Å². The van der Waals surface area contributed by atoms with Crippen molar-refractivity contribution in [3.05, 3.63) is 41.8 Å². The van der Waals surface area contributed by atoms with Crippen molar-refractivity contribution >= 4 is 27.3 Å². The third kappa shape index (κ3) is 4.69. The van der Waals surface area contributed by atoms with Gasteiger partial charge in [-0.1, -0.05) is 24.3 Å². The molecular weight excluding hydrogens is 340 g/mol. The van der Waals surface area contributed by atoms with Gasteiger partial charge in [-0.05, 0) is 25.0 Å². The SMILES string of the molecule is O=C(Nc1ccccc1)C1CCN(C(=O)CC2C=CS(=O)(=O)C2)CC1. The third-order valence-electron chi connectivity index (χ3n) is 4.70. The monoisotopic (exact) mass is 362 g/mol. The Kier molecular flexibility index (Phi) is 5.22. The lowest BCUT2D eigenvalue weighted by Gasteiger charge is -2.32. The minimum atomic E-state index is -3.13. The Morgan fingerprint density at radius 1 is 1.12 bits per heavy atom. The highest BCUT2D eigenvalue weighted by atomic mass is 32.2. The molecule has 1 N–H and O–H groups in total. The molecule has 2 aliphatic heterocycles. The van der Waals surface area contributed by atoms with Crippen molar-refractivity contribution in [2.24, 2.45) is 11.8 Å². The summed E-state index contributed by atoms with van der Waals surface area (Å²) in [5, 5.41) is 4.10. The number of allylic oxidation sites excluding steroid dienone is 1. The molecule has 25 heavy (non-hydrogen) atoms. The predicted octanol–water partition coefficient (Wildman–Crippen LogP) is 1.81. The zero-order valence-electron chi connectivity index (χ0n) is 13.9. The first kappa shape index (κ1) is 17.7. The van der Waals surface area contributed by atoms with E-state index in [1.54, 1.807) is 11.0 Å². The van der Waals surface area contributed by atoms with Gasteiger partial charge in [-0.15, -0.1) is 0 Å². The Labute approximate surface area is 147 Å². The standard InChI is InChI=1S/C18H22N2O4S/c21-17(12-14-8-11-25(23,24)13-14)20-9-6-15(7-10-20)18(22)19-16-4-2-1-3-5-16/h1-5,8,11,14-15H,6-7,9-10,12-13H2,(H,19,22). The van der Waals surface area contributed by atoms with Gasteiger partial charge < -0.3 is 10.2 Å². The van der Waals surface area contributed by atoms with E-state index < -0.39 is 9.84 Å². The summed E-state index contributed by atoms with van der Waals surface area (Å²) in [4.78, 5) is 26.4. The van der Waals surface area contributed by atoms with Gasteiger partial charge in [0.2, 0.25) is 11.8 Å². The lowest BCUT2D eigenvalue weighted by Crippen LogP contribution is -2.42. The fourth-order valence-electron chi connectivity index (χ4n) is 3.28. The van der Waals surface area contributed by atoms with Crippen LogP contribution in [0.2, 0.25) is 0 Å². The molecule has 1 unspecified atom stereocenters. The lowest BCUT2D eigenvalue weighted by molar-refractivity contribution is -0.135. The fourth-order valence-corrected chi connectivity index (χ4v) is 4.68. The molecule has 3 rings (SSSR count). The molecule has 1 aromatic rings. The van der Waals surface area contributed by atoms with Gasteiger partial charge in [0.05, 0.1) is 5.75 Å². The first-order chi connectivity index (χ1) is 11.9. The predicted molar refractivity (Wildman–Crippen MR) is 95.4 cm³/mol. The van der Waals surface area contributed by atoms with Gasteiger partial charge >= 0.3 is 0 Å². The molecule has 0 aromatic heterocycles. The van der Waals surface area contributed by atoms with E-state index in [4.69, 9.17) is 0 Å². The summed E-state index contributed by atoms with van der Waals surface area (Å²) in [6.45, 7) is 1.07. The van der Waals surface area contributed by atoms with Crippen LogP contribution in [0.4, 0.5) is 5.69 Å². The summed E-state index contributed by atoms with van der Waals surface area (Å²) in [5.41, 5.74) is 0.778. The number of nitrogens with one attached hydrogen (secondary N) is 1. The molecule has 1 saturated heterocycles. The van der Waals surface area contributed by atoms with Crippen LogP contribution >= 0.6 is 0 Å². The number of nitrogens with zero attached hydrogens (tertiary/aromatic N) is 1. The molecule has 0 spiro atoms. The number of amides is 2. The summed E-state index contributed by atoms with van der Waals surface area (Å²) in [6, 6.07) is 9.33. The van der Waals surface area contributed by atoms with Crippen molar-refractivity contribution in [1.29, 1.82) is 0 Å². The summed E-state index contributed by atoms with van der Waals surface area (Å²) in [7, 11) is -3.13. The van der Waals surface area contributed by atoms with E-state index >= 15 is 0 Å². The van der Waals surface area contributed by atoms with E-state index in [0.717, 1.165) is 5.69 Å². The molecule has 2 aliphatic rings. The molecule has 6 nitrogen and oxygen atoms in total. The molecule has 1 fully saturated rings. The second kappa shape index (κ2) is 7.39. The Balaban J connectivity index is 1.46. The zero-order valence-corrected chi connectivity index (χ0v) is 14.7. The number of para-hydroxylation sites is 1. The maximum absolute atomic E-state index is 12.3. The van der Waals surface area contributed by atoms with Crippen LogP contribution in [-0.4, -0.2) is 44.0 Å². The van der Waals surface area contributed by atoms with Crippen LogP contribution in [-0.2, 0) is 19.4 Å². The number of hydrogen-bond acceptors (Lipinski definition) is 4. The molecule has 0 aliphatic carbocycles. The smallest absolute Gasteiger partial charge is 0.227 e. The summed E-state index contributed by atoms with van der Waals surface area (Å²) in [5.74, 6) is -0.348. The molecule has 0 bridgehead atoms. The topological polar surface area (TPSA) is 83.6 Å². The molecule has 7 heteroatoms. The summed E-state index contributed by atoms with van der Waals surface area (Å²) >= 11 is 0. The van der Waals surface area contributed by atoms with Crippen molar-refractivity contribution in [2.45, 2.75) is 19.3 Å². The molecule has 134 valence electrons. The van der Waals surface area contributed by atoms with Crippen LogP contribution in [0.1, 0.15) is 19.3 Å². The largest absolute Gasteiger partial charge is 0.343 e. The highest BCUT2D eigenvalue weighted by Gasteiger charge is 2.30. The normalized spacial score (nSPS) is 22.7. The molecule has 1 aromatic carbocycles. The minimum Gasteiger partial charge on any atom is -0.343 e.